The first kappa shape index (κ1) is 29.7. The molecule has 1 aromatic carbocycles. The highest BCUT2D eigenvalue weighted by atomic mass is 19.1. The molecule has 0 bridgehead atoms. The van der Waals surface area contributed by atoms with Crippen LogP contribution < -0.4 is 9.64 Å². The van der Waals surface area contributed by atoms with Crippen molar-refractivity contribution in [2.75, 3.05) is 45.2 Å². The van der Waals surface area contributed by atoms with Crippen molar-refractivity contribution >= 4 is 33.5 Å². The number of fused-ring (bicyclic) bond motifs is 4. The lowest BCUT2D eigenvalue weighted by Gasteiger charge is -2.31. The number of H-pyrrole nitrogens is 1. The SMILES string of the molecule is Cc1cc2[nH]ncc2c(-c2ncc3c(N4CCCn5nc(C(=O)N(C)C)cc5C4)nc(OCC45CCCN4CCC5)nc3c2F)c1C. The van der Waals surface area contributed by atoms with Crippen molar-refractivity contribution in [2.24, 2.45) is 0 Å². The number of aromatic amines is 1. The first-order valence-corrected chi connectivity index (χ1v) is 16.4. The monoisotopic (exact) mass is 638 g/mol. The number of pyridine rings is 1. The van der Waals surface area contributed by atoms with Gasteiger partial charge in [0, 0.05) is 44.3 Å². The number of nitrogens with zero attached hydrogens (tertiary/aromatic N) is 9. The van der Waals surface area contributed by atoms with E-state index in [1.165, 1.54) is 4.90 Å². The number of ether oxygens (including phenoxy) is 1. The lowest BCUT2D eigenvalue weighted by atomic mass is 9.95. The molecule has 1 amide bonds. The van der Waals surface area contributed by atoms with Crippen molar-refractivity contribution in [2.45, 2.75) is 64.6 Å². The van der Waals surface area contributed by atoms with Crippen LogP contribution in [0.3, 0.4) is 0 Å². The van der Waals surface area contributed by atoms with Crippen LogP contribution in [0.1, 0.15) is 59.4 Å². The molecule has 5 aromatic rings. The molecule has 3 aliphatic heterocycles. The minimum absolute atomic E-state index is 0.0174. The number of hydrogen-bond donors (Lipinski definition) is 1. The first-order chi connectivity index (χ1) is 22.7. The maximum atomic E-state index is 16.9. The lowest BCUT2D eigenvalue weighted by Crippen LogP contribution is -2.43. The van der Waals surface area contributed by atoms with Gasteiger partial charge in [-0.25, -0.2) is 4.39 Å². The fourth-order valence-corrected chi connectivity index (χ4v) is 7.77. The van der Waals surface area contributed by atoms with Gasteiger partial charge in [0.25, 0.3) is 5.91 Å². The van der Waals surface area contributed by atoms with Crippen molar-refractivity contribution < 1.29 is 13.9 Å². The molecule has 0 radical (unpaired) electrons. The molecule has 7 heterocycles. The third kappa shape index (κ3) is 4.90. The van der Waals surface area contributed by atoms with Gasteiger partial charge in [-0.1, -0.05) is 0 Å². The van der Waals surface area contributed by atoms with Crippen LogP contribution in [-0.2, 0) is 13.1 Å². The van der Waals surface area contributed by atoms with Gasteiger partial charge in [-0.3, -0.25) is 24.5 Å². The maximum absolute atomic E-state index is 16.9. The van der Waals surface area contributed by atoms with Crippen LogP contribution in [-0.4, -0.2) is 96.5 Å². The van der Waals surface area contributed by atoms with Crippen LogP contribution in [0.5, 0.6) is 6.01 Å². The average Bonchev–Trinajstić information content (AvgIpc) is 3.83. The molecule has 2 fully saturated rings. The number of benzene rings is 1. The Bertz CT molecular complexity index is 2020. The van der Waals surface area contributed by atoms with Gasteiger partial charge in [0.05, 0.1) is 34.9 Å². The summed E-state index contributed by atoms with van der Waals surface area (Å²) in [5, 5.41) is 13.1. The second-order valence-corrected chi connectivity index (χ2v) is 13.5. The van der Waals surface area contributed by atoms with E-state index >= 15 is 4.39 Å². The minimum atomic E-state index is -0.521. The molecular weight excluding hydrogens is 599 g/mol. The molecule has 13 heteroatoms. The standard InChI is InChI=1S/C34H39FN10O2/c1-20-14-25-23(17-37-40-25)27(21(20)2)30-28(35)29-24(16-36-30)31(39-33(38-29)47-19-34-8-5-11-44(34)12-6-9-34)43-10-7-13-45-22(18-43)15-26(41-45)32(46)42(3)4/h14-17H,5-13,18-19H2,1-4H3,(H,37,40). The van der Waals surface area contributed by atoms with Crippen LogP contribution in [0.4, 0.5) is 10.2 Å². The number of hydrogen-bond acceptors (Lipinski definition) is 9. The Morgan fingerprint density at radius 2 is 1.85 bits per heavy atom. The van der Waals surface area contributed by atoms with E-state index in [1.54, 1.807) is 26.5 Å². The quantitative estimate of drug-likeness (QED) is 0.284. The number of aromatic nitrogens is 7. The molecule has 2 saturated heterocycles. The molecular formula is C34H39FN10O2. The largest absolute Gasteiger partial charge is 0.461 e. The molecule has 4 aromatic heterocycles. The summed E-state index contributed by atoms with van der Waals surface area (Å²) in [5.41, 5.74) is 5.11. The zero-order valence-corrected chi connectivity index (χ0v) is 27.3. The zero-order chi connectivity index (χ0) is 32.4. The Labute approximate surface area is 271 Å². The van der Waals surface area contributed by atoms with Gasteiger partial charge in [-0.05, 0) is 82.3 Å². The summed E-state index contributed by atoms with van der Waals surface area (Å²) < 4.78 is 25.3. The predicted octanol–water partition coefficient (Wildman–Crippen LogP) is 4.64. The first-order valence-electron chi connectivity index (χ1n) is 16.4. The molecule has 244 valence electrons. The summed E-state index contributed by atoms with van der Waals surface area (Å²) in [6, 6.07) is 4.01. The smallest absolute Gasteiger partial charge is 0.319 e. The van der Waals surface area contributed by atoms with Crippen molar-refractivity contribution in [1.82, 2.24) is 44.7 Å². The van der Waals surface area contributed by atoms with E-state index in [9.17, 15) is 4.79 Å². The number of anilines is 1. The Kier molecular flexibility index (Phi) is 7.12. The van der Waals surface area contributed by atoms with Crippen molar-refractivity contribution in [3.05, 3.63) is 52.9 Å². The number of carbonyl (C=O) groups is 1. The van der Waals surface area contributed by atoms with E-state index in [0.29, 0.717) is 48.7 Å². The van der Waals surface area contributed by atoms with Gasteiger partial charge in [0.15, 0.2) is 11.5 Å². The second kappa shape index (κ2) is 11.3. The van der Waals surface area contributed by atoms with Crippen LogP contribution >= 0.6 is 0 Å². The van der Waals surface area contributed by atoms with Gasteiger partial charge in [-0.2, -0.15) is 20.2 Å². The third-order valence-electron chi connectivity index (χ3n) is 10.4. The number of amides is 1. The van der Waals surface area contributed by atoms with Crippen LogP contribution in [0, 0.1) is 19.7 Å². The highest BCUT2D eigenvalue weighted by molar-refractivity contribution is 5.99. The molecule has 8 rings (SSSR count). The topological polar surface area (TPSA) is 121 Å². The molecule has 0 spiro atoms. The molecule has 0 saturated carbocycles. The summed E-state index contributed by atoms with van der Waals surface area (Å²) in [6.45, 7) is 8.34. The number of carbonyl (C=O) groups excluding carboxylic acids is 1. The van der Waals surface area contributed by atoms with E-state index in [4.69, 9.17) is 19.7 Å². The Balaban J connectivity index is 1.25. The molecule has 1 N–H and O–H groups in total. The summed E-state index contributed by atoms with van der Waals surface area (Å²) in [7, 11) is 3.44. The Morgan fingerprint density at radius 3 is 2.64 bits per heavy atom. The number of aryl methyl sites for hydroxylation is 2. The van der Waals surface area contributed by atoms with Gasteiger partial charge in [0.1, 0.15) is 23.6 Å². The van der Waals surface area contributed by atoms with E-state index in [2.05, 4.69) is 25.1 Å². The fourth-order valence-electron chi connectivity index (χ4n) is 7.77. The van der Waals surface area contributed by atoms with Crippen molar-refractivity contribution in [1.29, 1.82) is 0 Å². The lowest BCUT2D eigenvalue weighted by molar-refractivity contribution is 0.0821. The third-order valence-corrected chi connectivity index (χ3v) is 10.4. The van der Waals surface area contributed by atoms with Crippen molar-refractivity contribution in [3.63, 3.8) is 0 Å². The zero-order valence-electron chi connectivity index (χ0n) is 27.3. The Hall–Kier alpha value is -4.65. The second-order valence-electron chi connectivity index (χ2n) is 13.5. The Morgan fingerprint density at radius 1 is 1.04 bits per heavy atom. The van der Waals surface area contributed by atoms with Crippen molar-refractivity contribution in [3.8, 4) is 17.3 Å². The summed E-state index contributed by atoms with van der Waals surface area (Å²) in [5.74, 6) is -0.114. The van der Waals surface area contributed by atoms with Crippen LogP contribution in [0.15, 0.2) is 24.5 Å². The predicted molar refractivity (Wildman–Crippen MR) is 176 cm³/mol. The highest BCUT2D eigenvalue weighted by Gasteiger charge is 2.45. The number of rotatable bonds is 6. The van der Waals surface area contributed by atoms with E-state index in [0.717, 1.165) is 72.9 Å². The van der Waals surface area contributed by atoms with E-state index < -0.39 is 5.82 Å². The molecule has 12 nitrogen and oxygen atoms in total. The molecule has 3 aliphatic rings. The molecule has 0 unspecified atom stereocenters. The summed E-state index contributed by atoms with van der Waals surface area (Å²) >= 11 is 0. The van der Waals surface area contributed by atoms with Gasteiger partial charge in [0.2, 0.25) is 0 Å². The average molecular weight is 639 g/mol. The molecule has 47 heavy (non-hydrogen) atoms. The normalized spacial score (nSPS) is 17.7. The highest BCUT2D eigenvalue weighted by Crippen LogP contribution is 2.40. The number of nitrogens with one attached hydrogen (secondary N) is 1. The summed E-state index contributed by atoms with van der Waals surface area (Å²) in [4.78, 5) is 33.3. The molecule has 0 aliphatic carbocycles. The van der Waals surface area contributed by atoms with Gasteiger partial charge >= 0.3 is 6.01 Å². The van der Waals surface area contributed by atoms with Crippen LogP contribution in [0.25, 0.3) is 33.1 Å². The van der Waals surface area contributed by atoms with Gasteiger partial charge in [-0.15, -0.1) is 0 Å². The maximum Gasteiger partial charge on any atom is 0.319 e. The van der Waals surface area contributed by atoms with Gasteiger partial charge < -0.3 is 14.5 Å². The van der Waals surface area contributed by atoms with E-state index in [1.807, 2.05) is 30.7 Å². The van der Waals surface area contributed by atoms with Crippen LogP contribution in [0.2, 0.25) is 0 Å². The summed E-state index contributed by atoms with van der Waals surface area (Å²) in [6.07, 6.45) is 8.61. The minimum Gasteiger partial charge on any atom is -0.461 e. The van der Waals surface area contributed by atoms with E-state index in [-0.39, 0.29) is 28.7 Å². The number of halogens is 1. The fraction of sp³-hybridized carbons (Fsp3) is 0.471. The molecule has 0 atom stereocenters.